The van der Waals surface area contributed by atoms with E-state index in [1.807, 2.05) is 31.2 Å². The lowest BCUT2D eigenvalue weighted by Gasteiger charge is -2.06. The summed E-state index contributed by atoms with van der Waals surface area (Å²) in [6, 6.07) is 16.6. The van der Waals surface area contributed by atoms with Gasteiger partial charge in [0, 0.05) is 0 Å². The van der Waals surface area contributed by atoms with E-state index in [4.69, 9.17) is 4.74 Å². The Bertz CT molecular complexity index is 782. The molecule has 0 saturated heterocycles. The summed E-state index contributed by atoms with van der Waals surface area (Å²) in [4.78, 5) is 12.3. The molecule has 20 heavy (non-hydrogen) atoms. The van der Waals surface area contributed by atoms with Crippen molar-refractivity contribution in [3.05, 3.63) is 71.0 Å². The molecular weight excluding hydrogens is 250 g/mol. The number of nitrogens with zero attached hydrogens (tertiary/aromatic N) is 1. The van der Waals surface area contributed by atoms with Gasteiger partial charge in [-0.1, -0.05) is 36.4 Å². The van der Waals surface area contributed by atoms with Gasteiger partial charge in [-0.3, -0.25) is 4.79 Å². The molecule has 0 spiro atoms. The number of ether oxygens (including phenoxy) is 1. The number of ketones is 1. The maximum absolute atomic E-state index is 12.3. The number of carbonyl (C=O) groups excluding carboxylic acids is 1. The zero-order valence-electron chi connectivity index (χ0n) is 10.9. The van der Waals surface area contributed by atoms with Crippen LogP contribution in [0.4, 0.5) is 0 Å². The monoisotopic (exact) mass is 261 g/mol. The smallest absolute Gasteiger partial charge is 0.233 e. The number of nitriles is 1. The minimum Gasteiger partial charge on any atom is -0.451 e. The third kappa shape index (κ3) is 1.79. The van der Waals surface area contributed by atoms with Gasteiger partial charge < -0.3 is 4.74 Å². The number of hydrogen-bond acceptors (Lipinski definition) is 3. The highest BCUT2D eigenvalue weighted by molar-refractivity contribution is 6.17. The predicted molar refractivity (Wildman–Crippen MR) is 75.1 cm³/mol. The number of fused-ring (bicyclic) bond motifs is 1. The summed E-state index contributed by atoms with van der Waals surface area (Å²) in [5.74, 6) is 0.386. The molecule has 0 atom stereocenters. The Hall–Kier alpha value is -2.86. The van der Waals surface area contributed by atoms with Crippen molar-refractivity contribution < 1.29 is 9.53 Å². The average molecular weight is 261 g/mol. The van der Waals surface area contributed by atoms with E-state index in [0.29, 0.717) is 11.3 Å². The minimum atomic E-state index is -0.236. The van der Waals surface area contributed by atoms with Gasteiger partial charge in [0.25, 0.3) is 0 Å². The average Bonchev–Trinajstić information content (AvgIpc) is 2.80. The summed E-state index contributed by atoms with van der Waals surface area (Å²) >= 11 is 0. The van der Waals surface area contributed by atoms with Crippen molar-refractivity contribution in [1.82, 2.24) is 0 Å². The zero-order valence-corrected chi connectivity index (χ0v) is 10.9. The van der Waals surface area contributed by atoms with Gasteiger partial charge in [0.2, 0.25) is 5.78 Å². The van der Waals surface area contributed by atoms with Crippen LogP contribution in [-0.4, -0.2) is 5.78 Å². The van der Waals surface area contributed by atoms with E-state index in [-0.39, 0.29) is 17.1 Å². The molecule has 0 fully saturated rings. The summed E-state index contributed by atoms with van der Waals surface area (Å²) in [6.07, 6.45) is 0. The summed E-state index contributed by atoms with van der Waals surface area (Å²) in [6.45, 7) is 1.90. The lowest BCUT2D eigenvalue weighted by atomic mass is 9.98. The lowest BCUT2D eigenvalue weighted by Crippen LogP contribution is -2.03. The van der Waals surface area contributed by atoms with Crippen LogP contribution in [-0.2, 0) is 0 Å². The molecule has 3 heteroatoms. The third-order valence-corrected chi connectivity index (χ3v) is 3.30. The fraction of sp³-hybridized carbons (Fsp3) is 0.0588. The summed E-state index contributed by atoms with van der Waals surface area (Å²) in [5, 5.41) is 9.42. The van der Waals surface area contributed by atoms with Gasteiger partial charge in [-0.2, -0.15) is 5.26 Å². The Balaban J connectivity index is 2.19. The van der Waals surface area contributed by atoms with Crippen LogP contribution in [0.15, 0.2) is 54.3 Å². The fourth-order valence-electron chi connectivity index (χ4n) is 2.27. The van der Waals surface area contributed by atoms with Crippen LogP contribution in [0.3, 0.4) is 0 Å². The molecule has 96 valence electrons. The van der Waals surface area contributed by atoms with Gasteiger partial charge >= 0.3 is 0 Å². The Morgan fingerprint density at radius 3 is 2.50 bits per heavy atom. The van der Waals surface area contributed by atoms with E-state index in [2.05, 4.69) is 6.07 Å². The van der Waals surface area contributed by atoms with E-state index in [1.165, 1.54) is 0 Å². The second kappa shape index (κ2) is 4.67. The molecule has 2 aromatic rings. The molecule has 0 aliphatic carbocycles. The molecular formula is C17H11NO2. The van der Waals surface area contributed by atoms with Crippen molar-refractivity contribution >= 4 is 11.4 Å². The molecule has 1 aliphatic heterocycles. The van der Waals surface area contributed by atoms with Crippen LogP contribution in [0.5, 0.6) is 5.75 Å². The van der Waals surface area contributed by atoms with E-state index in [9.17, 15) is 10.1 Å². The molecule has 3 rings (SSSR count). The molecule has 1 heterocycles. The molecule has 1 aliphatic rings. The second-order valence-electron chi connectivity index (χ2n) is 4.56. The summed E-state index contributed by atoms with van der Waals surface area (Å²) in [5.41, 5.74) is 2.45. The molecule has 0 aromatic heterocycles. The van der Waals surface area contributed by atoms with Crippen LogP contribution in [0.1, 0.15) is 21.5 Å². The normalized spacial score (nSPS) is 15.3. The van der Waals surface area contributed by atoms with E-state index >= 15 is 0 Å². The van der Waals surface area contributed by atoms with Crippen LogP contribution in [0.2, 0.25) is 0 Å². The highest BCUT2D eigenvalue weighted by Crippen LogP contribution is 2.34. The number of Topliss-reactive ketones (excluding diaryl/α,β-unsaturated/α-hetero) is 1. The molecule has 0 saturated carbocycles. The quantitative estimate of drug-likeness (QED) is 0.583. The first kappa shape index (κ1) is 12.2. The topological polar surface area (TPSA) is 50.1 Å². The first-order chi connectivity index (χ1) is 9.72. The molecule has 0 unspecified atom stereocenters. The standard InChI is InChI=1S/C17H11NO2/c1-11-6-2-3-7-12(11)14(10-18)17-16(19)13-8-4-5-9-15(13)20-17/h2-9H,1H3/b17-14-. The second-order valence-corrected chi connectivity index (χ2v) is 4.56. The van der Waals surface area contributed by atoms with E-state index in [0.717, 1.165) is 11.1 Å². The Labute approximate surface area is 116 Å². The number of carbonyl (C=O) groups is 1. The zero-order chi connectivity index (χ0) is 14.1. The number of rotatable bonds is 1. The maximum Gasteiger partial charge on any atom is 0.233 e. The van der Waals surface area contributed by atoms with Crippen molar-refractivity contribution in [2.45, 2.75) is 6.92 Å². The van der Waals surface area contributed by atoms with Crippen LogP contribution < -0.4 is 4.74 Å². The Morgan fingerprint density at radius 2 is 1.80 bits per heavy atom. The van der Waals surface area contributed by atoms with Gasteiger partial charge in [-0.05, 0) is 30.2 Å². The number of allylic oxidation sites excluding steroid dienone is 2. The SMILES string of the molecule is Cc1ccccc1/C(C#N)=C1\Oc2ccccc2C1=O. The number of para-hydroxylation sites is 1. The van der Waals surface area contributed by atoms with E-state index in [1.54, 1.807) is 24.3 Å². The maximum atomic E-state index is 12.3. The van der Waals surface area contributed by atoms with Crippen molar-refractivity contribution in [2.75, 3.05) is 0 Å². The van der Waals surface area contributed by atoms with Gasteiger partial charge in [-0.25, -0.2) is 0 Å². The Morgan fingerprint density at radius 1 is 1.10 bits per heavy atom. The number of hydrogen-bond donors (Lipinski definition) is 0. The van der Waals surface area contributed by atoms with Gasteiger partial charge in [0.15, 0.2) is 5.76 Å². The van der Waals surface area contributed by atoms with Crippen LogP contribution in [0.25, 0.3) is 5.57 Å². The van der Waals surface area contributed by atoms with Crippen molar-refractivity contribution in [2.24, 2.45) is 0 Å². The molecule has 0 bridgehead atoms. The van der Waals surface area contributed by atoms with Gasteiger partial charge in [0.1, 0.15) is 17.4 Å². The minimum absolute atomic E-state index is 0.114. The fourth-order valence-corrected chi connectivity index (χ4v) is 2.27. The van der Waals surface area contributed by atoms with Crippen molar-refractivity contribution in [3.63, 3.8) is 0 Å². The van der Waals surface area contributed by atoms with Gasteiger partial charge in [0.05, 0.1) is 5.56 Å². The lowest BCUT2D eigenvalue weighted by molar-refractivity contribution is 0.101. The van der Waals surface area contributed by atoms with Gasteiger partial charge in [-0.15, -0.1) is 0 Å². The largest absolute Gasteiger partial charge is 0.451 e. The van der Waals surface area contributed by atoms with Crippen molar-refractivity contribution in [1.29, 1.82) is 5.26 Å². The van der Waals surface area contributed by atoms with E-state index < -0.39 is 0 Å². The van der Waals surface area contributed by atoms with Crippen LogP contribution in [0, 0.1) is 18.3 Å². The highest BCUT2D eigenvalue weighted by Gasteiger charge is 2.30. The first-order valence-electron chi connectivity index (χ1n) is 6.24. The van der Waals surface area contributed by atoms with Crippen molar-refractivity contribution in [3.8, 4) is 11.8 Å². The number of benzene rings is 2. The molecule has 0 radical (unpaired) electrons. The third-order valence-electron chi connectivity index (χ3n) is 3.30. The number of aryl methyl sites for hydroxylation is 1. The molecule has 2 aromatic carbocycles. The molecule has 3 nitrogen and oxygen atoms in total. The highest BCUT2D eigenvalue weighted by atomic mass is 16.5. The first-order valence-corrected chi connectivity index (χ1v) is 6.24. The van der Waals surface area contributed by atoms with Crippen LogP contribution >= 0.6 is 0 Å². The Kier molecular flexibility index (Phi) is 2.85. The summed E-state index contributed by atoms with van der Waals surface area (Å²) in [7, 11) is 0. The molecule has 0 amide bonds. The molecule has 0 N–H and O–H groups in total. The summed E-state index contributed by atoms with van der Waals surface area (Å²) < 4.78 is 5.59. The predicted octanol–water partition coefficient (Wildman–Crippen LogP) is 3.51.